The predicted octanol–water partition coefficient (Wildman–Crippen LogP) is -1.76. The molecular formula is C10H16N2O6S2. The van der Waals surface area contributed by atoms with E-state index in [-0.39, 0.29) is 24.3 Å². The van der Waals surface area contributed by atoms with Crippen molar-refractivity contribution in [1.82, 2.24) is 9.62 Å². The number of rotatable bonds is 2. The molecule has 0 aromatic carbocycles. The first-order valence-electron chi connectivity index (χ1n) is 6.18. The van der Waals surface area contributed by atoms with Crippen molar-refractivity contribution in [2.75, 3.05) is 18.1 Å². The summed E-state index contributed by atoms with van der Waals surface area (Å²) in [5.41, 5.74) is 0. The SMILES string of the molecule is CC1C(=O)NC(=O)CN1S(=O)(=O)C1CCS(=O)(=O)CC1. The number of hydrogen-bond acceptors (Lipinski definition) is 6. The number of amides is 2. The van der Waals surface area contributed by atoms with Crippen molar-refractivity contribution in [3.63, 3.8) is 0 Å². The summed E-state index contributed by atoms with van der Waals surface area (Å²) in [4.78, 5) is 22.8. The van der Waals surface area contributed by atoms with Gasteiger partial charge in [-0.2, -0.15) is 4.31 Å². The molecule has 0 saturated carbocycles. The third-order valence-electron chi connectivity index (χ3n) is 3.62. The van der Waals surface area contributed by atoms with Gasteiger partial charge in [0, 0.05) is 0 Å². The molecule has 2 amide bonds. The summed E-state index contributed by atoms with van der Waals surface area (Å²) in [6.07, 6.45) is 0.00733. The van der Waals surface area contributed by atoms with Gasteiger partial charge in [-0.3, -0.25) is 14.9 Å². The highest BCUT2D eigenvalue weighted by molar-refractivity contribution is 7.92. The Bertz CT molecular complexity index is 625. The van der Waals surface area contributed by atoms with Crippen molar-refractivity contribution in [3.8, 4) is 0 Å². The van der Waals surface area contributed by atoms with Crippen molar-refractivity contribution in [1.29, 1.82) is 0 Å². The van der Waals surface area contributed by atoms with Crippen molar-refractivity contribution in [2.45, 2.75) is 31.1 Å². The summed E-state index contributed by atoms with van der Waals surface area (Å²) in [7, 11) is -7.03. The van der Waals surface area contributed by atoms with Crippen molar-refractivity contribution in [2.24, 2.45) is 0 Å². The lowest BCUT2D eigenvalue weighted by Gasteiger charge is -2.34. The van der Waals surface area contributed by atoms with Gasteiger partial charge in [0.15, 0.2) is 0 Å². The second-order valence-electron chi connectivity index (χ2n) is 5.03. The average Bonchev–Trinajstić information content (AvgIpc) is 2.33. The van der Waals surface area contributed by atoms with Crippen LogP contribution in [-0.4, -0.2) is 62.3 Å². The lowest BCUT2D eigenvalue weighted by atomic mass is 10.2. The van der Waals surface area contributed by atoms with E-state index in [0.29, 0.717) is 0 Å². The summed E-state index contributed by atoms with van der Waals surface area (Å²) < 4.78 is 48.5. The fourth-order valence-corrected chi connectivity index (χ4v) is 6.20. The fourth-order valence-electron chi connectivity index (χ4n) is 2.36. The Labute approximate surface area is 117 Å². The van der Waals surface area contributed by atoms with Gasteiger partial charge in [-0.15, -0.1) is 0 Å². The summed E-state index contributed by atoms with van der Waals surface area (Å²) >= 11 is 0. The molecule has 0 radical (unpaired) electrons. The molecule has 2 heterocycles. The quantitative estimate of drug-likeness (QED) is 0.601. The molecule has 8 nitrogen and oxygen atoms in total. The molecule has 1 atom stereocenters. The highest BCUT2D eigenvalue weighted by atomic mass is 32.2. The molecule has 2 aliphatic rings. The predicted molar refractivity (Wildman–Crippen MR) is 69.9 cm³/mol. The number of piperazine rings is 1. The Morgan fingerprint density at radius 3 is 2.30 bits per heavy atom. The topological polar surface area (TPSA) is 118 Å². The lowest BCUT2D eigenvalue weighted by Crippen LogP contribution is -2.60. The number of sulfonamides is 1. The zero-order chi connectivity index (χ0) is 15.1. The van der Waals surface area contributed by atoms with Gasteiger partial charge in [-0.05, 0) is 19.8 Å². The summed E-state index contributed by atoms with van der Waals surface area (Å²) in [6.45, 7) is 0.997. The maximum absolute atomic E-state index is 12.5. The van der Waals surface area contributed by atoms with Crippen molar-refractivity contribution in [3.05, 3.63) is 0 Å². The van der Waals surface area contributed by atoms with E-state index in [4.69, 9.17) is 0 Å². The number of carbonyl (C=O) groups is 2. The van der Waals surface area contributed by atoms with Gasteiger partial charge in [-0.25, -0.2) is 16.8 Å². The minimum atomic E-state index is -3.86. The second kappa shape index (κ2) is 5.08. The molecule has 114 valence electrons. The van der Waals surface area contributed by atoms with Crippen LogP contribution in [0.1, 0.15) is 19.8 Å². The number of imide groups is 1. The maximum atomic E-state index is 12.5. The van der Waals surface area contributed by atoms with Gasteiger partial charge in [0.05, 0.1) is 23.3 Å². The minimum Gasteiger partial charge on any atom is -0.294 e. The van der Waals surface area contributed by atoms with Gasteiger partial charge < -0.3 is 0 Å². The first kappa shape index (κ1) is 15.4. The van der Waals surface area contributed by atoms with Gasteiger partial charge >= 0.3 is 0 Å². The molecule has 2 rings (SSSR count). The van der Waals surface area contributed by atoms with E-state index < -0.39 is 49.5 Å². The van der Waals surface area contributed by atoms with Crippen LogP contribution in [0.3, 0.4) is 0 Å². The summed E-state index contributed by atoms with van der Waals surface area (Å²) in [6, 6.07) is -0.962. The largest absolute Gasteiger partial charge is 0.294 e. The highest BCUT2D eigenvalue weighted by Gasteiger charge is 2.43. The molecule has 0 aromatic rings. The first-order valence-corrected chi connectivity index (χ1v) is 9.51. The molecule has 2 aliphatic heterocycles. The van der Waals surface area contributed by atoms with E-state index in [0.717, 1.165) is 4.31 Å². The molecule has 2 saturated heterocycles. The van der Waals surface area contributed by atoms with Crippen molar-refractivity contribution < 1.29 is 26.4 Å². The van der Waals surface area contributed by atoms with Crippen LogP contribution in [0.4, 0.5) is 0 Å². The standard InChI is InChI=1S/C10H16N2O6S2/c1-7-10(14)11-9(13)6-12(7)20(17,18)8-2-4-19(15,16)5-3-8/h7-8H,2-6H2,1H3,(H,11,13,14). The Morgan fingerprint density at radius 1 is 1.20 bits per heavy atom. The van der Waals surface area contributed by atoms with Crippen LogP contribution < -0.4 is 5.32 Å². The smallest absolute Gasteiger partial charge is 0.244 e. The van der Waals surface area contributed by atoms with Gasteiger partial charge in [0.2, 0.25) is 21.8 Å². The summed E-state index contributed by atoms with van der Waals surface area (Å²) in [5.74, 6) is -1.69. The third-order valence-corrected chi connectivity index (χ3v) is 7.75. The van der Waals surface area contributed by atoms with E-state index in [9.17, 15) is 26.4 Å². The molecule has 1 unspecified atom stereocenters. The van der Waals surface area contributed by atoms with Crippen LogP contribution >= 0.6 is 0 Å². The van der Waals surface area contributed by atoms with Crippen LogP contribution in [0, 0.1) is 0 Å². The Kier molecular flexibility index (Phi) is 3.91. The highest BCUT2D eigenvalue weighted by Crippen LogP contribution is 2.24. The number of nitrogens with zero attached hydrogens (tertiary/aromatic N) is 1. The Hall–Kier alpha value is -1.00. The van der Waals surface area contributed by atoms with E-state index in [2.05, 4.69) is 5.32 Å². The molecule has 10 heteroatoms. The van der Waals surface area contributed by atoms with E-state index in [1.54, 1.807) is 0 Å². The number of carbonyl (C=O) groups excluding carboxylic acids is 2. The monoisotopic (exact) mass is 324 g/mol. The Balaban J connectivity index is 2.22. The molecule has 1 N–H and O–H groups in total. The molecule has 0 spiro atoms. The van der Waals surface area contributed by atoms with Gasteiger partial charge in [0.25, 0.3) is 0 Å². The molecule has 0 aliphatic carbocycles. The fraction of sp³-hybridized carbons (Fsp3) is 0.800. The maximum Gasteiger partial charge on any atom is 0.244 e. The normalized spacial score (nSPS) is 29.1. The van der Waals surface area contributed by atoms with Crippen LogP contribution in [0.2, 0.25) is 0 Å². The van der Waals surface area contributed by atoms with E-state index in [1.807, 2.05) is 0 Å². The number of hydrogen-bond donors (Lipinski definition) is 1. The minimum absolute atomic E-state index is 0.00367. The molecular weight excluding hydrogens is 308 g/mol. The second-order valence-corrected chi connectivity index (χ2v) is 9.50. The van der Waals surface area contributed by atoms with Gasteiger partial charge in [0.1, 0.15) is 15.9 Å². The zero-order valence-corrected chi connectivity index (χ0v) is 12.5. The van der Waals surface area contributed by atoms with Crippen molar-refractivity contribution >= 4 is 31.7 Å². The van der Waals surface area contributed by atoms with Crippen LogP contribution in [-0.2, 0) is 29.4 Å². The molecule has 20 heavy (non-hydrogen) atoms. The van der Waals surface area contributed by atoms with Crippen LogP contribution in [0.5, 0.6) is 0 Å². The average molecular weight is 324 g/mol. The van der Waals surface area contributed by atoms with E-state index >= 15 is 0 Å². The van der Waals surface area contributed by atoms with Gasteiger partial charge in [-0.1, -0.05) is 0 Å². The molecule has 0 bridgehead atoms. The van der Waals surface area contributed by atoms with E-state index in [1.165, 1.54) is 6.92 Å². The Morgan fingerprint density at radius 2 is 1.75 bits per heavy atom. The number of sulfone groups is 1. The zero-order valence-electron chi connectivity index (χ0n) is 10.9. The van der Waals surface area contributed by atoms with Crippen LogP contribution in [0.15, 0.2) is 0 Å². The molecule has 2 fully saturated rings. The lowest BCUT2D eigenvalue weighted by molar-refractivity contribution is -0.136. The summed E-state index contributed by atoms with van der Waals surface area (Å²) in [5, 5.41) is 1.21. The van der Waals surface area contributed by atoms with Crippen LogP contribution in [0.25, 0.3) is 0 Å². The molecule has 0 aromatic heterocycles. The number of nitrogens with one attached hydrogen (secondary N) is 1. The first-order chi connectivity index (χ1) is 9.13. The third kappa shape index (κ3) is 2.86.